The van der Waals surface area contributed by atoms with Crippen molar-refractivity contribution in [2.24, 2.45) is 0 Å². The molecule has 0 bridgehead atoms. The van der Waals surface area contributed by atoms with Crippen LogP contribution in [0.15, 0.2) is 41.3 Å². The van der Waals surface area contributed by atoms with E-state index in [1.54, 1.807) is 18.2 Å². The average molecular weight is 345 g/mol. The first kappa shape index (κ1) is 15.9. The van der Waals surface area contributed by atoms with Gasteiger partial charge in [0.1, 0.15) is 5.82 Å². The molecule has 0 fully saturated rings. The van der Waals surface area contributed by atoms with E-state index in [-0.39, 0.29) is 17.3 Å². The van der Waals surface area contributed by atoms with Crippen LogP contribution in [-0.2, 0) is 4.79 Å². The minimum atomic E-state index is -0.516. The number of amides is 1. The second-order valence-electron chi connectivity index (χ2n) is 4.15. The van der Waals surface area contributed by atoms with Gasteiger partial charge in [0.15, 0.2) is 0 Å². The van der Waals surface area contributed by atoms with Crippen molar-refractivity contribution in [3.63, 3.8) is 0 Å². The maximum absolute atomic E-state index is 13.0. The van der Waals surface area contributed by atoms with Crippen molar-refractivity contribution >= 4 is 52.2 Å². The van der Waals surface area contributed by atoms with Crippen LogP contribution in [-0.4, -0.2) is 11.7 Å². The van der Waals surface area contributed by atoms with Gasteiger partial charge in [0.05, 0.1) is 21.5 Å². The monoisotopic (exact) mass is 344 g/mol. The standard InChI is InChI=1S/C14H11Cl2FN2OS/c15-10-3-2-9(6-11(10)16)21-7-14(20)19-8-1-4-12(17)13(18)5-8/h1-6H,7,18H2,(H,19,20). The first-order chi connectivity index (χ1) is 9.95. The van der Waals surface area contributed by atoms with Crippen LogP contribution < -0.4 is 11.1 Å². The fourth-order valence-corrected chi connectivity index (χ4v) is 2.63. The Morgan fingerprint density at radius 3 is 2.62 bits per heavy atom. The average Bonchev–Trinajstić information content (AvgIpc) is 2.44. The second kappa shape index (κ2) is 7.02. The van der Waals surface area contributed by atoms with Crippen molar-refractivity contribution in [3.05, 3.63) is 52.3 Å². The number of carbonyl (C=O) groups is 1. The Morgan fingerprint density at radius 2 is 1.95 bits per heavy atom. The molecule has 0 aliphatic carbocycles. The molecule has 7 heteroatoms. The molecule has 0 saturated heterocycles. The molecule has 0 unspecified atom stereocenters. The zero-order chi connectivity index (χ0) is 15.4. The van der Waals surface area contributed by atoms with Crippen molar-refractivity contribution < 1.29 is 9.18 Å². The highest BCUT2D eigenvalue weighted by Gasteiger charge is 2.07. The summed E-state index contributed by atoms with van der Waals surface area (Å²) < 4.78 is 13.0. The number of hydrogen-bond acceptors (Lipinski definition) is 3. The molecule has 0 aliphatic heterocycles. The minimum absolute atomic E-state index is 0.00932. The zero-order valence-corrected chi connectivity index (χ0v) is 13.0. The van der Waals surface area contributed by atoms with Gasteiger partial charge in [0.25, 0.3) is 0 Å². The summed E-state index contributed by atoms with van der Waals surface area (Å²) in [6.07, 6.45) is 0. The summed E-state index contributed by atoms with van der Waals surface area (Å²) in [7, 11) is 0. The Hall–Kier alpha value is -1.43. The van der Waals surface area contributed by atoms with Crippen LogP contribution in [0.3, 0.4) is 0 Å². The summed E-state index contributed by atoms with van der Waals surface area (Å²) in [5, 5.41) is 3.54. The molecule has 2 aromatic rings. The largest absolute Gasteiger partial charge is 0.396 e. The summed E-state index contributed by atoms with van der Waals surface area (Å²) in [5.41, 5.74) is 5.88. The van der Waals surface area contributed by atoms with Crippen molar-refractivity contribution in [2.75, 3.05) is 16.8 Å². The molecule has 0 saturated carbocycles. The lowest BCUT2D eigenvalue weighted by Crippen LogP contribution is -2.14. The van der Waals surface area contributed by atoms with Crippen LogP contribution in [0.25, 0.3) is 0 Å². The molecule has 3 N–H and O–H groups in total. The summed E-state index contributed by atoms with van der Waals surface area (Å²) in [6.45, 7) is 0. The van der Waals surface area contributed by atoms with Crippen molar-refractivity contribution in [1.29, 1.82) is 0 Å². The molecule has 0 spiro atoms. The lowest BCUT2D eigenvalue weighted by molar-refractivity contribution is -0.113. The van der Waals surface area contributed by atoms with Crippen LogP contribution in [0.2, 0.25) is 10.0 Å². The molecule has 2 aromatic carbocycles. The molecule has 0 aliphatic rings. The summed E-state index contributed by atoms with van der Waals surface area (Å²) >= 11 is 13.0. The molecule has 0 heterocycles. The molecule has 0 aromatic heterocycles. The van der Waals surface area contributed by atoms with E-state index < -0.39 is 5.82 Å². The molecule has 0 radical (unpaired) electrons. The highest BCUT2D eigenvalue weighted by Crippen LogP contribution is 2.28. The lowest BCUT2D eigenvalue weighted by Gasteiger charge is -2.07. The van der Waals surface area contributed by atoms with Gasteiger partial charge in [-0.2, -0.15) is 0 Å². The third-order valence-corrected chi connectivity index (χ3v) is 4.27. The van der Waals surface area contributed by atoms with Gasteiger partial charge in [0.2, 0.25) is 5.91 Å². The predicted molar refractivity (Wildman–Crippen MR) is 86.6 cm³/mol. The number of rotatable bonds is 4. The minimum Gasteiger partial charge on any atom is -0.396 e. The van der Waals surface area contributed by atoms with E-state index in [9.17, 15) is 9.18 Å². The van der Waals surface area contributed by atoms with Crippen LogP contribution in [0.1, 0.15) is 0 Å². The third-order valence-electron chi connectivity index (χ3n) is 2.54. The topological polar surface area (TPSA) is 55.1 Å². The quantitative estimate of drug-likeness (QED) is 0.636. The molecular formula is C14H11Cl2FN2OS. The van der Waals surface area contributed by atoms with Crippen molar-refractivity contribution in [1.82, 2.24) is 0 Å². The van der Waals surface area contributed by atoms with Crippen LogP contribution in [0.4, 0.5) is 15.8 Å². The summed E-state index contributed by atoms with van der Waals surface area (Å²) in [6, 6.07) is 9.17. The van der Waals surface area contributed by atoms with Gasteiger partial charge in [-0.25, -0.2) is 4.39 Å². The number of nitrogens with two attached hydrogens (primary N) is 1. The molecule has 2 rings (SSSR count). The third kappa shape index (κ3) is 4.52. The molecule has 21 heavy (non-hydrogen) atoms. The molecule has 1 amide bonds. The van der Waals surface area contributed by atoms with E-state index in [1.165, 1.54) is 30.0 Å². The van der Waals surface area contributed by atoms with Crippen molar-refractivity contribution in [3.8, 4) is 0 Å². The highest BCUT2D eigenvalue weighted by molar-refractivity contribution is 8.00. The van der Waals surface area contributed by atoms with Gasteiger partial charge < -0.3 is 11.1 Å². The number of benzene rings is 2. The molecule has 0 atom stereocenters. The van der Waals surface area contributed by atoms with Crippen LogP contribution in [0, 0.1) is 5.82 Å². The maximum atomic E-state index is 13.0. The first-order valence-corrected chi connectivity index (χ1v) is 7.62. The number of halogens is 3. The highest BCUT2D eigenvalue weighted by atomic mass is 35.5. The van der Waals surface area contributed by atoms with E-state index >= 15 is 0 Å². The van der Waals surface area contributed by atoms with Gasteiger partial charge in [-0.3, -0.25) is 4.79 Å². The Labute approximate surface area is 135 Å². The first-order valence-electron chi connectivity index (χ1n) is 5.88. The molecule has 110 valence electrons. The fraction of sp³-hybridized carbons (Fsp3) is 0.0714. The maximum Gasteiger partial charge on any atom is 0.234 e. The van der Waals surface area contributed by atoms with Crippen LogP contribution >= 0.6 is 35.0 Å². The van der Waals surface area contributed by atoms with Gasteiger partial charge in [-0.1, -0.05) is 23.2 Å². The van der Waals surface area contributed by atoms with E-state index in [2.05, 4.69) is 5.32 Å². The smallest absolute Gasteiger partial charge is 0.234 e. The molecular weight excluding hydrogens is 334 g/mol. The Kier molecular flexibility index (Phi) is 5.33. The Bertz CT molecular complexity index is 682. The number of anilines is 2. The van der Waals surface area contributed by atoms with Gasteiger partial charge in [0, 0.05) is 10.6 Å². The number of carbonyl (C=O) groups excluding carboxylic acids is 1. The lowest BCUT2D eigenvalue weighted by atomic mass is 10.2. The SMILES string of the molecule is Nc1cc(NC(=O)CSc2ccc(Cl)c(Cl)c2)ccc1F. The number of nitrogen functional groups attached to an aromatic ring is 1. The van der Waals surface area contributed by atoms with E-state index in [1.807, 2.05) is 0 Å². The van der Waals surface area contributed by atoms with E-state index in [0.29, 0.717) is 15.7 Å². The normalized spacial score (nSPS) is 10.4. The van der Waals surface area contributed by atoms with Crippen LogP contribution in [0.5, 0.6) is 0 Å². The zero-order valence-electron chi connectivity index (χ0n) is 10.7. The van der Waals surface area contributed by atoms with Gasteiger partial charge in [-0.05, 0) is 36.4 Å². The summed E-state index contributed by atoms with van der Waals surface area (Å²) in [4.78, 5) is 12.6. The number of nitrogens with one attached hydrogen (secondary N) is 1. The Morgan fingerprint density at radius 1 is 1.19 bits per heavy atom. The van der Waals surface area contributed by atoms with Gasteiger partial charge >= 0.3 is 0 Å². The Balaban J connectivity index is 1.92. The number of hydrogen-bond donors (Lipinski definition) is 2. The molecule has 3 nitrogen and oxygen atoms in total. The predicted octanol–water partition coefficient (Wildman–Crippen LogP) is 4.45. The van der Waals surface area contributed by atoms with Gasteiger partial charge in [-0.15, -0.1) is 11.8 Å². The van der Waals surface area contributed by atoms with Crippen molar-refractivity contribution in [2.45, 2.75) is 4.90 Å². The number of thioether (sulfide) groups is 1. The summed E-state index contributed by atoms with van der Waals surface area (Å²) in [5.74, 6) is -0.551. The van der Waals surface area contributed by atoms with E-state index in [4.69, 9.17) is 28.9 Å². The fourth-order valence-electron chi connectivity index (χ4n) is 1.53. The van der Waals surface area contributed by atoms with E-state index in [0.717, 1.165) is 4.90 Å². The second-order valence-corrected chi connectivity index (χ2v) is 6.01.